The summed E-state index contributed by atoms with van der Waals surface area (Å²) in [6, 6.07) is 9.26. The van der Waals surface area contributed by atoms with Crippen molar-refractivity contribution in [2.45, 2.75) is 51.8 Å². The largest absolute Gasteiger partial charge is 0.493 e. The predicted octanol–water partition coefficient (Wildman–Crippen LogP) is 3.79. The summed E-state index contributed by atoms with van der Waals surface area (Å²) in [7, 11) is 1.60. The molecule has 1 heterocycles. The lowest BCUT2D eigenvalue weighted by Crippen LogP contribution is -2.52. The number of ether oxygens (including phenoxy) is 2. The van der Waals surface area contributed by atoms with Crippen LogP contribution < -0.4 is 20.5 Å². The summed E-state index contributed by atoms with van der Waals surface area (Å²) in [5, 5.41) is 2.98. The number of hydrogen-bond donors (Lipinski definition) is 2. The minimum Gasteiger partial charge on any atom is -0.493 e. The smallest absolute Gasteiger partial charge is 0.240 e. The first-order chi connectivity index (χ1) is 12.9. The average Bonchev–Trinajstić information content (AvgIpc) is 2.66. The number of hydrogen-bond acceptors (Lipinski definition) is 5. The molecule has 2 atom stereocenters. The van der Waals surface area contributed by atoms with Gasteiger partial charge in [0.25, 0.3) is 0 Å². The Labute approximate surface area is 173 Å². The van der Waals surface area contributed by atoms with Crippen LogP contribution in [0, 0.1) is 0 Å². The van der Waals surface area contributed by atoms with E-state index in [-0.39, 0.29) is 24.4 Å². The lowest BCUT2D eigenvalue weighted by Gasteiger charge is -2.26. The lowest BCUT2D eigenvalue weighted by molar-refractivity contribution is -0.126. The standard InChI is InChI=1S/C21H29N3O3.ClH/c1-5-10-21(3,22)20(25)24-15(2)17-6-7-18(19(13-17)26-4)27-14-16-8-11-23-12-9-16;/h6-9,11-13,15H,5,10,14,22H2,1-4H3,(H,24,25);1H. The van der Waals surface area contributed by atoms with E-state index in [9.17, 15) is 4.79 Å². The molecule has 2 aromatic rings. The van der Waals surface area contributed by atoms with Crippen LogP contribution in [0.4, 0.5) is 0 Å². The van der Waals surface area contributed by atoms with E-state index in [1.807, 2.05) is 44.2 Å². The molecule has 7 heteroatoms. The number of halogens is 1. The van der Waals surface area contributed by atoms with Gasteiger partial charge in [0, 0.05) is 12.4 Å². The second-order valence-electron chi connectivity index (χ2n) is 6.92. The Hall–Kier alpha value is -2.31. The Morgan fingerprint density at radius 3 is 2.54 bits per heavy atom. The predicted molar refractivity (Wildman–Crippen MR) is 113 cm³/mol. The minimum absolute atomic E-state index is 0. The summed E-state index contributed by atoms with van der Waals surface area (Å²) in [6.07, 6.45) is 4.95. The highest BCUT2D eigenvalue weighted by Crippen LogP contribution is 2.31. The molecule has 1 amide bonds. The topological polar surface area (TPSA) is 86.5 Å². The number of nitrogens with zero attached hydrogens (tertiary/aromatic N) is 1. The van der Waals surface area contributed by atoms with Gasteiger partial charge in [-0.05, 0) is 55.7 Å². The Morgan fingerprint density at radius 2 is 1.93 bits per heavy atom. The van der Waals surface area contributed by atoms with Crippen LogP contribution in [-0.4, -0.2) is 23.5 Å². The van der Waals surface area contributed by atoms with Crippen LogP contribution in [0.2, 0.25) is 0 Å². The summed E-state index contributed by atoms with van der Waals surface area (Å²) in [5.74, 6) is 1.10. The van der Waals surface area contributed by atoms with Crippen molar-refractivity contribution in [3.05, 3.63) is 53.9 Å². The van der Waals surface area contributed by atoms with E-state index in [2.05, 4.69) is 10.3 Å². The van der Waals surface area contributed by atoms with Crippen LogP contribution in [0.5, 0.6) is 11.5 Å². The average molecular weight is 408 g/mol. The maximum absolute atomic E-state index is 12.4. The molecule has 1 aromatic heterocycles. The zero-order valence-corrected chi connectivity index (χ0v) is 17.7. The molecule has 2 rings (SSSR count). The normalized spacial score (nSPS) is 13.6. The van der Waals surface area contributed by atoms with Gasteiger partial charge in [-0.25, -0.2) is 0 Å². The van der Waals surface area contributed by atoms with E-state index in [4.69, 9.17) is 15.2 Å². The molecule has 1 aromatic carbocycles. The van der Waals surface area contributed by atoms with Gasteiger partial charge < -0.3 is 20.5 Å². The first-order valence-electron chi connectivity index (χ1n) is 9.17. The van der Waals surface area contributed by atoms with Crippen molar-refractivity contribution in [2.24, 2.45) is 5.73 Å². The van der Waals surface area contributed by atoms with Crippen molar-refractivity contribution in [3.8, 4) is 11.5 Å². The number of pyridine rings is 1. The minimum atomic E-state index is -0.874. The van der Waals surface area contributed by atoms with Gasteiger partial charge in [-0.15, -0.1) is 12.4 Å². The molecule has 0 aliphatic heterocycles. The van der Waals surface area contributed by atoms with Gasteiger partial charge in [-0.3, -0.25) is 9.78 Å². The number of nitrogens with one attached hydrogen (secondary N) is 1. The molecule has 6 nitrogen and oxygen atoms in total. The van der Waals surface area contributed by atoms with Crippen molar-refractivity contribution in [1.82, 2.24) is 10.3 Å². The Morgan fingerprint density at radius 1 is 1.25 bits per heavy atom. The van der Waals surface area contributed by atoms with Crippen LogP contribution in [0.3, 0.4) is 0 Å². The number of carbonyl (C=O) groups excluding carboxylic acids is 1. The number of aromatic nitrogens is 1. The molecule has 2 unspecified atom stereocenters. The third kappa shape index (κ3) is 6.39. The number of benzene rings is 1. The summed E-state index contributed by atoms with van der Waals surface area (Å²) < 4.78 is 11.3. The van der Waals surface area contributed by atoms with Gasteiger partial charge in [-0.1, -0.05) is 19.4 Å². The van der Waals surface area contributed by atoms with Crippen molar-refractivity contribution in [1.29, 1.82) is 0 Å². The second kappa shape index (κ2) is 10.9. The van der Waals surface area contributed by atoms with E-state index < -0.39 is 5.54 Å². The summed E-state index contributed by atoms with van der Waals surface area (Å²) in [4.78, 5) is 16.4. The zero-order valence-electron chi connectivity index (χ0n) is 16.9. The van der Waals surface area contributed by atoms with Gasteiger partial charge in [-0.2, -0.15) is 0 Å². The quantitative estimate of drug-likeness (QED) is 0.660. The Balaban J connectivity index is 0.00000392. The monoisotopic (exact) mass is 407 g/mol. The molecule has 0 radical (unpaired) electrons. The van der Waals surface area contributed by atoms with Crippen LogP contribution in [0.25, 0.3) is 0 Å². The molecule has 154 valence electrons. The maximum atomic E-state index is 12.4. The number of amides is 1. The number of rotatable bonds is 9. The first-order valence-corrected chi connectivity index (χ1v) is 9.17. The molecule has 0 saturated heterocycles. The third-order valence-electron chi connectivity index (χ3n) is 4.47. The van der Waals surface area contributed by atoms with E-state index in [1.165, 1.54) is 0 Å². The highest BCUT2D eigenvalue weighted by molar-refractivity contribution is 5.86. The molecule has 0 aliphatic rings. The molecule has 0 aliphatic carbocycles. The van der Waals surface area contributed by atoms with Crippen molar-refractivity contribution < 1.29 is 14.3 Å². The van der Waals surface area contributed by atoms with E-state index in [0.717, 1.165) is 17.5 Å². The molecule has 28 heavy (non-hydrogen) atoms. The summed E-state index contributed by atoms with van der Waals surface area (Å²) in [6.45, 7) is 6.12. The maximum Gasteiger partial charge on any atom is 0.240 e. The molecule has 0 saturated carbocycles. The van der Waals surface area contributed by atoms with Gasteiger partial charge in [0.05, 0.1) is 18.7 Å². The van der Waals surface area contributed by atoms with Crippen molar-refractivity contribution in [3.63, 3.8) is 0 Å². The Kier molecular flexibility index (Phi) is 9.22. The number of methoxy groups -OCH3 is 1. The van der Waals surface area contributed by atoms with Gasteiger partial charge in [0.2, 0.25) is 5.91 Å². The molecular weight excluding hydrogens is 378 g/mol. The summed E-state index contributed by atoms with van der Waals surface area (Å²) >= 11 is 0. The Bertz CT molecular complexity index is 754. The van der Waals surface area contributed by atoms with E-state index in [0.29, 0.717) is 24.5 Å². The molecule has 3 N–H and O–H groups in total. The van der Waals surface area contributed by atoms with Crippen molar-refractivity contribution >= 4 is 18.3 Å². The first kappa shape index (κ1) is 23.7. The summed E-state index contributed by atoms with van der Waals surface area (Å²) in [5.41, 5.74) is 7.18. The zero-order chi connectivity index (χ0) is 19.9. The van der Waals surface area contributed by atoms with E-state index >= 15 is 0 Å². The molecule has 0 spiro atoms. The fourth-order valence-corrected chi connectivity index (χ4v) is 2.79. The third-order valence-corrected chi connectivity index (χ3v) is 4.47. The number of nitrogens with two attached hydrogens (primary N) is 1. The fourth-order valence-electron chi connectivity index (χ4n) is 2.79. The molecular formula is C21H30ClN3O3. The molecule has 0 bridgehead atoms. The fraction of sp³-hybridized carbons (Fsp3) is 0.429. The number of carbonyl (C=O) groups is 1. The highest BCUT2D eigenvalue weighted by atomic mass is 35.5. The highest BCUT2D eigenvalue weighted by Gasteiger charge is 2.28. The van der Waals surface area contributed by atoms with Crippen LogP contribution in [0.15, 0.2) is 42.7 Å². The lowest BCUT2D eigenvalue weighted by atomic mass is 9.95. The SMILES string of the molecule is CCCC(C)(N)C(=O)NC(C)c1ccc(OCc2ccncc2)c(OC)c1.Cl. The van der Waals surface area contributed by atoms with E-state index in [1.54, 1.807) is 26.4 Å². The van der Waals surface area contributed by atoms with Crippen LogP contribution in [-0.2, 0) is 11.4 Å². The van der Waals surface area contributed by atoms with Crippen molar-refractivity contribution in [2.75, 3.05) is 7.11 Å². The second-order valence-corrected chi connectivity index (χ2v) is 6.92. The van der Waals surface area contributed by atoms with Gasteiger partial charge >= 0.3 is 0 Å². The van der Waals surface area contributed by atoms with Gasteiger partial charge in [0.1, 0.15) is 6.61 Å². The van der Waals surface area contributed by atoms with Gasteiger partial charge in [0.15, 0.2) is 11.5 Å². The molecule has 0 fully saturated rings. The van der Waals surface area contributed by atoms with Crippen LogP contribution in [0.1, 0.15) is 50.8 Å². The van der Waals surface area contributed by atoms with Crippen LogP contribution >= 0.6 is 12.4 Å².